The van der Waals surface area contributed by atoms with E-state index in [1.54, 1.807) is 6.07 Å². The molecule has 0 fully saturated rings. The maximum absolute atomic E-state index is 12.7. The number of aromatic hydroxyl groups is 2. The van der Waals surface area contributed by atoms with Gasteiger partial charge in [-0.15, -0.1) is 0 Å². The van der Waals surface area contributed by atoms with E-state index < -0.39 is 5.92 Å². The Hall–Kier alpha value is -3.01. The average molecular weight is 321 g/mol. The number of anilines is 1. The predicted octanol–water partition coefficient (Wildman–Crippen LogP) is 4.38. The zero-order valence-electron chi connectivity index (χ0n) is 13.4. The van der Waals surface area contributed by atoms with E-state index in [1.165, 1.54) is 12.1 Å². The monoisotopic (exact) mass is 321 g/mol. The molecule has 0 bridgehead atoms. The quantitative estimate of drug-likeness (QED) is 0.624. The summed E-state index contributed by atoms with van der Waals surface area (Å²) in [6.45, 7) is 1.91. The molecule has 0 aliphatic rings. The van der Waals surface area contributed by atoms with Crippen molar-refractivity contribution in [2.24, 2.45) is 0 Å². The lowest BCUT2D eigenvalue weighted by Crippen LogP contribution is -2.20. The summed E-state index contributed by atoms with van der Waals surface area (Å²) >= 11 is 0. The first-order chi connectivity index (χ1) is 11.6. The van der Waals surface area contributed by atoms with Crippen LogP contribution in [0.3, 0.4) is 0 Å². The summed E-state index contributed by atoms with van der Waals surface area (Å²) in [6, 6.07) is 18.2. The fourth-order valence-corrected chi connectivity index (χ4v) is 2.88. The zero-order chi connectivity index (χ0) is 17.1. The van der Waals surface area contributed by atoms with Gasteiger partial charge in [0.05, 0.1) is 5.92 Å². The van der Waals surface area contributed by atoms with E-state index in [9.17, 15) is 15.0 Å². The summed E-state index contributed by atoms with van der Waals surface area (Å²) in [7, 11) is 0. The lowest BCUT2D eigenvalue weighted by Gasteiger charge is -2.17. The molecule has 1 unspecified atom stereocenters. The van der Waals surface area contributed by atoms with Crippen LogP contribution in [0.15, 0.2) is 60.7 Å². The van der Waals surface area contributed by atoms with Gasteiger partial charge in [0.25, 0.3) is 0 Å². The van der Waals surface area contributed by atoms with Crippen LogP contribution in [0.4, 0.5) is 5.69 Å². The third-order valence-corrected chi connectivity index (χ3v) is 4.17. The number of amides is 1. The molecule has 4 nitrogen and oxygen atoms in total. The third-order valence-electron chi connectivity index (χ3n) is 4.17. The van der Waals surface area contributed by atoms with Crippen LogP contribution in [0, 0.1) is 0 Å². The summed E-state index contributed by atoms with van der Waals surface area (Å²) in [4.78, 5) is 12.7. The molecule has 24 heavy (non-hydrogen) atoms. The molecule has 122 valence electrons. The summed E-state index contributed by atoms with van der Waals surface area (Å²) in [5.41, 5.74) is 1.44. The van der Waals surface area contributed by atoms with Crippen LogP contribution in [0.2, 0.25) is 0 Å². The first-order valence-electron chi connectivity index (χ1n) is 7.90. The Balaban J connectivity index is 1.90. The molecule has 3 aromatic rings. The number of benzene rings is 3. The van der Waals surface area contributed by atoms with Crippen molar-refractivity contribution in [2.45, 2.75) is 19.3 Å². The number of hydrogen-bond acceptors (Lipinski definition) is 3. The van der Waals surface area contributed by atoms with Crippen LogP contribution in [0.5, 0.6) is 11.5 Å². The molecule has 0 aliphatic heterocycles. The average Bonchev–Trinajstić information content (AvgIpc) is 2.59. The molecule has 0 saturated carbocycles. The molecule has 3 rings (SSSR count). The van der Waals surface area contributed by atoms with Crippen molar-refractivity contribution < 1.29 is 15.0 Å². The number of rotatable bonds is 4. The molecule has 0 radical (unpaired) electrons. The summed E-state index contributed by atoms with van der Waals surface area (Å²) in [6.07, 6.45) is 0.584. The van der Waals surface area contributed by atoms with Crippen LogP contribution in [0.25, 0.3) is 10.8 Å². The van der Waals surface area contributed by atoms with Crippen LogP contribution in [-0.2, 0) is 4.79 Å². The van der Waals surface area contributed by atoms with Gasteiger partial charge >= 0.3 is 0 Å². The van der Waals surface area contributed by atoms with Gasteiger partial charge in [-0.25, -0.2) is 0 Å². The van der Waals surface area contributed by atoms with Crippen LogP contribution in [-0.4, -0.2) is 16.1 Å². The molecule has 1 atom stereocenters. The van der Waals surface area contributed by atoms with E-state index in [-0.39, 0.29) is 17.4 Å². The summed E-state index contributed by atoms with van der Waals surface area (Å²) in [5, 5.41) is 24.1. The number of nitrogens with one attached hydrogen (secondary N) is 1. The standard InChI is InChI=1S/C20H19NO3/c1-2-15(14-10-11-18(22)19(23)12-14)20(24)21-17-9-5-7-13-6-3-4-8-16(13)17/h3-12,15,22-23H,2H2,1H3,(H,21,24). The highest BCUT2D eigenvalue weighted by Gasteiger charge is 2.20. The minimum absolute atomic E-state index is 0.140. The maximum Gasteiger partial charge on any atom is 0.231 e. The third kappa shape index (κ3) is 3.04. The molecule has 0 heterocycles. The van der Waals surface area contributed by atoms with E-state index in [1.807, 2.05) is 49.4 Å². The first-order valence-corrected chi connectivity index (χ1v) is 7.90. The summed E-state index contributed by atoms with van der Waals surface area (Å²) in [5.74, 6) is -0.957. The fraction of sp³-hybridized carbons (Fsp3) is 0.150. The Morgan fingerprint density at radius 3 is 2.50 bits per heavy atom. The minimum Gasteiger partial charge on any atom is -0.504 e. The number of carbonyl (C=O) groups is 1. The van der Waals surface area contributed by atoms with Gasteiger partial charge in [-0.2, -0.15) is 0 Å². The largest absolute Gasteiger partial charge is 0.504 e. The van der Waals surface area contributed by atoms with Gasteiger partial charge in [-0.05, 0) is 35.6 Å². The fourth-order valence-electron chi connectivity index (χ4n) is 2.88. The van der Waals surface area contributed by atoms with Crippen molar-refractivity contribution in [2.75, 3.05) is 5.32 Å². The van der Waals surface area contributed by atoms with E-state index in [0.29, 0.717) is 12.0 Å². The second-order valence-corrected chi connectivity index (χ2v) is 5.72. The van der Waals surface area contributed by atoms with E-state index in [0.717, 1.165) is 16.5 Å². The van der Waals surface area contributed by atoms with Crippen molar-refractivity contribution in [3.8, 4) is 11.5 Å². The Kier molecular flexibility index (Phi) is 4.38. The molecule has 0 aromatic heterocycles. The molecule has 0 saturated heterocycles. The molecule has 0 spiro atoms. The summed E-state index contributed by atoms with van der Waals surface area (Å²) < 4.78 is 0. The Morgan fingerprint density at radius 1 is 1.00 bits per heavy atom. The maximum atomic E-state index is 12.7. The van der Waals surface area contributed by atoms with Gasteiger partial charge in [0.2, 0.25) is 5.91 Å². The lowest BCUT2D eigenvalue weighted by atomic mass is 9.95. The van der Waals surface area contributed by atoms with Crippen molar-refractivity contribution in [3.63, 3.8) is 0 Å². The highest BCUT2D eigenvalue weighted by Crippen LogP contribution is 2.31. The second kappa shape index (κ2) is 6.62. The number of phenols is 2. The predicted molar refractivity (Wildman–Crippen MR) is 95.4 cm³/mol. The molecule has 0 aliphatic carbocycles. The molecule has 1 amide bonds. The first kappa shape index (κ1) is 15.9. The lowest BCUT2D eigenvalue weighted by molar-refractivity contribution is -0.117. The van der Waals surface area contributed by atoms with E-state index >= 15 is 0 Å². The topological polar surface area (TPSA) is 69.6 Å². The Morgan fingerprint density at radius 2 is 1.75 bits per heavy atom. The highest BCUT2D eigenvalue weighted by molar-refractivity contribution is 6.04. The molecular formula is C20H19NO3. The van der Waals surface area contributed by atoms with Crippen molar-refractivity contribution in [1.29, 1.82) is 0 Å². The Bertz CT molecular complexity index is 884. The number of carbonyl (C=O) groups excluding carboxylic acids is 1. The van der Waals surface area contributed by atoms with Crippen molar-refractivity contribution >= 4 is 22.4 Å². The van der Waals surface area contributed by atoms with Crippen molar-refractivity contribution in [3.05, 3.63) is 66.2 Å². The normalized spacial score (nSPS) is 12.0. The van der Waals surface area contributed by atoms with Crippen molar-refractivity contribution in [1.82, 2.24) is 0 Å². The van der Waals surface area contributed by atoms with Crippen LogP contribution >= 0.6 is 0 Å². The molecule has 3 N–H and O–H groups in total. The number of phenolic OH excluding ortho intramolecular Hbond substituents is 2. The van der Waals surface area contributed by atoms with Gasteiger partial charge in [-0.1, -0.05) is 49.4 Å². The second-order valence-electron chi connectivity index (χ2n) is 5.72. The molecular weight excluding hydrogens is 302 g/mol. The molecule has 3 aromatic carbocycles. The van der Waals surface area contributed by atoms with Crippen LogP contribution in [0.1, 0.15) is 24.8 Å². The van der Waals surface area contributed by atoms with Gasteiger partial charge < -0.3 is 15.5 Å². The zero-order valence-corrected chi connectivity index (χ0v) is 13.4. The SMILES string of the molecule is CCC(C(=O)Nc1cccc2ccccc12)c1ccc(O)c(O)c1. The number of fused-ring (bicyclic) bond motifs is 1. The smallest absolute Gasteiger partial charge is 0.231 e. The van der Waals surface area contributed by atoms with Crippen LogP contribution < -0.4 is 5.32 Å². The minimum atomic E-state index is -0.407. The molecule has 4 heteroatoms. The van der Waals surface area contributed by atoms with Gasteiger partial charge in [0.1, 0.15) is 0 Å². The van der Waals surface area contributed by atoms with Gasteiger partial charge in [0.15, 0.2) is 11.5 Å². The van der Waals surface area contributed by atoms with Gasteiger partial charge in [0, 0.05) is 11.1 Å². The highest BCUT2D eigenvalue weighted by atomic mass is 16.3. The van der Waals surface area contributed by atoms with E-state index in [4.69, 9.17) is 0 Å². The van der Waals surface area contributed by atoms with E-state index in [2.05, 4.69) is 5.32 Å². The Labute approximate surface area is 140 Å². The van der Waals surface area contributed by atoms with Gasteiger partial charge in [-0.3, -0.25) is 4.79 Å². The number of hydrogen-bond donors (Lipinski definition) is 3.